The zero-order valence-corrected chi connectivity index (χ0v) is 14.0. The number of halogens is 5. The van der Waals surface area contributed by atoms with Gasteiger partial charge < -0.3 is 11.5 Å². The fraction of sp³-hybridized carbons (Fsp3) is 0.143. The Balaban J connectivity index is 2.80. The van der Waals surface area contributed by atoms with E-state index in [4.69, 9.17) is 11.5 Å². The lowest BCUT2D eigenvalue weighted by Crippen LogP contribution is -2.09. The van der Waals surface area contributed by atoms with Gasteiger partial charge >= 0.3 is 6.18 Å². The van der Waals surface area contributed by atoms with Crippen LogP contribution < -0.4 is 11.5 Å². The topological polar surface area (TPSA) is 52.0 Å². The molecule has 0 aliphatic rings. The van der Waals surface area contributed by atoms with Gasteiger partial charge in [-0.15, -0.1) is 0 Å². The second-order valence-electron chi connectivity index (χ2n) is 4.61. The Hall–Kier alpha value is -1.21. The second kappa shape index (κ2) is 5.53. The molecular formula is C14H11Br2F3N2. The molecule has 0 aliphatic heterocycles. The summed E-state index contributed by atoms with van der Waals surface area (Å²) < 4.78 is 40.7. The van der Waals surface area contributed by atoms with Gasteiger partial charge in [0.2, 0.25) is 0 Å². The standard InChI is InChI=1S/C14H11Br2F3N2/c1-6-2-12(20)10(15)3-7(6)8-4-11(16)13(21)5-9(8)14(17,18)19/h2-5H,20-21H2,1H3. The first-order valence-electron chi connectivity index (χ1n) is 5.83. The maximum atomic E-state index is 13.2. The van der Waals surface area contributed by atoms with Gasteiger partial charge in [-0.25, -0.2) is 0 Å². The van der Waals surface area contributed by atoms with Crippen LogP contribution in [0.15, 0.2) is 33.2 Å². The van der Waals surface area contributed by atoms with E-state index in [1.807, 2.05) is 0 Å². The van der Waals surface area contributed by atoms with Gasteiger partial charge in [-0.3, -0.25) is 0 Å². The number of aryl methyl sites for hydroxylation is 1. The molecule has 2 rings (SSSR count). The Morgan fingerprint density at radius 2 is 1.33 bits per heavy atom. The molecular weight excluding hydrogens is 413 g/mol. The summed E-state index contributed by atoms with van der Waals surface area (Å²) in [6.07, 6.45) is -4.50. The largest absolute Gasteiger partial charge is 0.417 e. The van der Waals surface area contributed by atoms with E-state index in [0.717, 1.165) is 6.07 Å². The first-order chi connectivity index (χ1) is 9.61. The molecule has 0 amide bonds. The molecule has 0 unspecified atom stereocenters. The van der Waals surface area contributed by atoms with Crippen LogP contribution >= 0.6 is 31.9 Å². The van der Waals surface area contributed by atoms with E-state index in [-0.39, 0.29) is 11.3 Å². The highest BCUT2D eigenvalue weighted by atomic mass is 79.9. The zero-order valence-electron chi connectivity index (χ0n) is 10.9. The van der Waals surface area contributed by atoms with Crippen LogP contribution in [0.5, 0.6) is 0 Å². The first kappa shape index (κ1) is 16.2. The van der Waals surface area contributed by atoms with Gasteiger partial charge in [0.05, 0.1) is 5.56 Å². The highest BCUT2D eigenvalue weighted by molar-refractivity contribution is 9.11. The minimum atomic E-state index is -4.50. The van der Waals surface area contributed by atoms with Crippen molar-refractivity contribution in [1.29, 1.82) is 0 Å². The van der Waals surface area contributed by atoms with Gasteiger partial charge in [-0.2, -0.15) is 13.2 Å². The van der Waals surface area contributed by atoms with Gasteiger partial charge in [0.1, 0.15) is 0 Å². The van der Waals surface area contributed by atoms with Crippen molar-refractivity contribution in [2.24, 2.45) is 0 Å². The van der Waals surface area contributed by atoms with E-state index in [1.165, 1.54) is 6.07 Å². The molecule has 2 nitrogen and oxygen atoms in total. The van der Waals surface area contributed by atoms with Crippen molar-refractivity contribution in [3.63, 3.8) is 0 Å². The molecule has 7 heteroatoms. The van der Waals surface area contributed by atoms with Crippen LogP contribution in [0.2, 0.25) is 0 Å². The average Bonchev–Trinajstić information content (AvgIpc) is 2.35. The van der Waals surface area contributed by atoms with Crippen molar-refractivity contribution in [2.75, 3.05) is 11.5 Å². The van der Waals surface area contributed by atoms with Crippen molar-refractivity contribution in [3.8, 4) is 11.1 Å². The van der Waals surface area contributed by atoms with E-state index >= 15 is 0 Å². The molecule has 112 valence electrons. The van der Waals surface area contributed by atoms with Crippen LogP contribution in [-0.2, 0) is 6.18 Å². The van der Waals surface area contributed by atoms with Crippen molar-refractivity contribution in [2.45, 2.75) is 13.1 Å². The van der Waals surface area contributed by atoms with E-state index in [9.17, 15) is 13.2 Å². The molecule has 0 aliphatic carbocycles. The Kier molecular flexibility index (Phi) is 4.26. The summed E-state index contributed by atoms with van der Waals surface area (Å²) in [6.45, 7) is 1.71. The lowest BCUT2D eigenvalue weighted by atomic mass is 9.95. The van der Waals surface area contributed by atoms with E-state index in [1.54, 1.807) is 19.1 Å². The van der Waals surface area contributed by atoms with Gasteiger partial charge in [0.15, 0.2) is 0 Å². The number of hydrogen-bond acceptors (Lipinski definition) is 2. The van der Waals surface area contributed by atoms with Crippen LogP contribution in [0.3, 0.4) is 0 Å². The monoisotopic (exact) mass is 422 g/mol. The molecule has 21 heavy (non-hydrogen) atoms. The predicted molar refractivity (Wildman–Crippen MR) is 85.8 cm³/mol. The van der Waals surface area contributed by atoms with Crippen LogP contribution in [0.4, 0.5) is 24.5 Å². The summed E-state index contributed by atoms with van der Waals surface area (Å²) in [7, 11) is 0. The summed E-state index contributed by atoms with van der Waals surface area (Å²) in [6, 6.07) is 5.52. The third-order valence-corrected chi connectivity index (χ3v) is 4.45. The molecule has 2 aromatic carbocycles. The molecule has 0 heterocycles. The molecule has 2 aromatic rings. The fourth-order valence-corrected chi connectivity index (χ4v) is 2.73. The van der Waals surface area contributed by atoms with Crippen LogP contribution in [0.25, 0.3) is 11.1 Å². The molecule has 0 spiro atoms. The maximum absolute atomic E-state index is 13.2. The smallest absolute Gasteiger partial charge is 0.398 e. The Morgan fingerprint density at radius 1 is 0.857 bits per heavy atom. The number of anilines is 2. The van der Waals surface area contributed by atoms with E-state index in [0.29, 0.717) is 25.8 Å². The minimum Gasteiger partial charge on any atom is -0.398 e. The Bertz CT molecular complexity index is 712. The number of nitrogen functional groups attached to an aromatic ring is 2. The SMILES string of the molecule is Cc1cc(N)c(Br)cc1-c1cc(Br)c(N)cc1C(F)(F)F. The highest BCUT2D eigenvalue weighted by Gasteiger charge is 2.34. The van der Waals surface area contributed by atoms with Crippen LogP contribution in [0, 0.1) is 6.92 Å². The number of hydrogen-bond donors (Lipinski definition) is 2. The van der Waals surface area contributed by atoms with Crippen molar-refractivity contribution in [1.82, 2.24) is 0 Å². The average molecular weight is 424 g/mol. The first-order valence-corrected chi connectivity index (χ1v) is 7.42. The normalized spacial score (nSPS) is 11.7. The lowest BCUT2D eigenvalue weighted by Gasteiger charge is -2.17. The van der Waals surface area contributed by atoms with Gasteiger partial charge in [0, 0.05) is 20.3 Å². The molecule has 0 atom stereocenters. The van der Waals surface area contributed by atoms with Crippen molar-refractivity contribution < 1.29 is 13.2 Å². The Labute approximate surface area is 136 Å². The number of rotatable bonds is 1. The molecule has 0 aromatic heterocycles. The number of alkyl halides is 3. The van der Waals surface area contributed by atoms with Gasteiger partial charge in [-0.1, -0.05) is 0 Å². The van der Waals surface area contributed by atoms with E-state index in [2.05, 4.69) is 31.9 Å². The third-order valence-electron chi connectivity index (χ3n) is 3.08. The van der Waals surface area contributed by atoms with Gasteiger partial charge in [0.25, 0.3) is 0 Å². The predicted octanol–water partition coefficient (Wildman–Crippen LogP) is 5.37. The molecule has 0 saturated heterocycles. The summed E-state index contributed by atoms with van der Waals surface area (Å²) in [5.74, 6) is 0. The minimum absolute atomic E-state index is 0.0400. The van der Waals surface area contributed by atoms with E-state index < -0.39 is 11.7 Å². The quantitative estimate of drug-likeness (QED) is 0.605. The molecule has 0 bridgehead atoms. The highest BCUT2D eigenvalue weighted by Crippen LogP contribution is 2.42. The second-order valence-corrected chi connectivity index (χ2v) is 6.31. The summed E-state index contributed by atoms with van der Waals surface area (Å²) in [5, 5.41) is 0. The van der Waals surface area contributed by atoms with Crippen LogP contribution in [0.1, 0.15) is 11.1 Å². The number of nitrogens with two attached hydrogens (primary N) is 2. The molecule has 4 N–H and O–H groups in total. The number of benzene rings is 2. The van der Waals surface area contributed by atoms with Crippen LogP contribution in [-0.4, -0.2) is 0 Å². The molecule has 0 saturated carbocycles. The zero-order chi connectivity index (χ0) is 15.9. The fourth-order valence-electron chi connectivity index (χ4n) is 2.04. The summed E-state index contributed by atoms with van der Waals surface area (Å²) >= 11 is 6.42. The molecule has 0 radical (unpaired) electrons. The van der Waals surface area contributed by atoms with Gasteiger partial charge in [-0.05, 0) is 79.7 Å². The third kappa shape index (κ3) is 3.18. The summed E-state index contributed by atoms with van der Waals surface area (Å²) in [5.41, 5.74) is 12.2. The lowest BCUT2D eigenvalue weighted by molar-refractivity contribution is -0.137. The summed E-state index contributed by atoms with van der Waals surface area (Å²) in [4.78, 5) is 0. The van der Waals surface area contributed by atoms with Crippen molar-refractivity contribution >= 4 is 43.2 Å². The molecule has 0 fully saturated rings. The Morgan fingerprint density at radius 3 is 1.86 bits per heavy atom. The van der Waals surface area contributed by atoms with Crippen molar-refractivity contribution in [3.05, 3.63) is 44.3 Å². The maximum Gasteiger partial charge on any atom is 0.417 e.